The molecule has 0 bridgehead atoms. The van der Waals surface area contributed by atoms with Crippen molar-refractivity contribution in [2.75, 3.05) is 88.8 Å². The molecule has 2 aromatic carbocycles. The zero-order valence-corrected chi connectivity index (χ0v) is 68.5. The lowest BCUT2D eigenvalue weighted by molar-refractivity contribution is -0.152. The van der Waals surface area contributed by atoms with Crippen molar-refractivity contribution in [3.8, 4) is 0 Å². The van der Waals surface area contributed by atoms with Gasteiger partial charge >= 0.3 is 0 Å². The lowest BCUT2D eigenvalue weighted by Crippen LogP contribution is -2.63. The molecule has 2 aromatic rings. The van der Waals surface area contributed by atoms with Crippen LogP contribution in [0.5, 0.6) is 0 Å². The Hall–Kier alpha value is -7.79. The van der Waals surface area contributed by atoms with Crippen LogP contribution in [0.25, 0.3) is 0 Å². The van der Waals surface area contributed by atoms with Gasteiger partial charge in [0, 0.05) is 99.9 Å². The van der Waals surface area contributed by atoms with Crippen LogP contribution in [0.15, 0.2) is 54.6 Å². The van der Waals surface area contributed by atoms with E-state index in [0.717, 1.165) is 21.1 Å². The molecule has 28 nitrogen and oxygen atoms in total. The minimum absolute atomic E-state index is 0.00474. The van der Waals surface area contributed by atoms with Crippen molar-refractivity contribution in [3.63, 3.8) is 0 Å². The van der Waals surface area contributed by atoms with E-state index in [9.17, 15) is 29.4 Å². The minimum Gasteiger partial charge on any atom is -0.393 e. The van der Waals surface area contributed by atoms with Crippen LogP contribution in [-0.2, 0) is 79.8 Å². The molecule has 108 heavy (non-hydrogen) atoms. The number of likely N-dealkylation sites (tertiary alicyclic amines) is 1. The highest BCUT2D eigenvalue weighted by Gasteiger charge is 2.45. The van der Waals surface area contributed by atoms with E-state index in [1.54, 1.807) is 115 Å². The number of benzene rings is 2. The maximum atomic E-state index is 15.8. The van der Waals surface area contributed by atoms with Gasteiger partial charge in [0.05, 0.1) is 37.4 Å². The number of amides is 12. The molecule has 0 saturated carbocycles. The van der Waals surface area contributed by atoms with Crippen LogP contribution in [0.4, 0.5) is 0 Å². The summed E-state index contributed by atoms with van der Waals surface area (Å²) in [7, 11) is 9.83. The van der Waals surface area contributed by atoms with Crippen LogP contribution >= 0.6 is 11.6 Å². The Kier molecular flexibility index (Phi) is 37.3. The molecule has 0 aliphatic carbocycles. The summed E-state index contributed by atoms with van der Waals surface area (Å²) in [5.41, 5.74) is 0.172. The van der Waals surface area contributed by atoms with Gasteiger partial charge in [-0.1, -0.05) is 109 Å². The normalized spacial score (nSPS) is 24.8. The average Bonchev–Trinajstić information content (AvgIpc) is 0.811. The van der Waals surface area contributed by atoms with Crippen molar-refractivity contribution in [2.24, 2.45) is 23.7 Å². The largest absolute Gasteiger partial charge is 0.393 e. The van der Waals surface area contributed by atoms with Crippen LogP contribution in [0.2, 0.25) is 5.02 Å². The molecule has 0 radical (unpaired) electrons. The number of hydrogen-bond acceptors (Lipinski definition) is 16. The first-order chi connectivity index (χ1) is 50.5. The number of carbonyl (C=O) groups is 12. The molecule has 2 aliphatic rings. The number of piperidine rings is 1. The summed E-state index contributed by atoms with van der Waals surface area (Å²) in [6.07, 6.45) is -0.764. The van der Waals surface area contributed by atoms with E-state index in [-0.39, 0.29) is 82.3 Å². The third-order valence-electron chi connectivity index (χ3n) is 19.8. The number of nitrogens with one attached hydrogen (secondary N) is 4. The van der Waals surface area contributed by atoms with E-state index in [2.05, 4.69) is 21.3 Å². The Bertz CT molecular complexity index is 3330. The van der Waals surface area contributed by atoms with Gasteiger partial charge in [-0.15, -0.1) is 0 Å². The second-order valence-corrected chi connectivity index (χ2v) is 32.4. The third-order valence-corrected chi connectivity index (χ3v) is 20.1. The summed E-state index contributed by atoms with van der Waals surface area (Å²) in [6, 6.07) is 1.10. The Balaban J connectivity index is 2.01. The molecule has 2 heterocycles. The predicted octanol–water partition coefficient (Wildman–Crippen LogP) is 4.46. The molecule has 2 aliphatic heterocycles. The van der Waals surface area contributed by atoms with Gasteiger partial charge in [-0.25, -0.2) is 0 Å². The van der Waals surface area contributed by atoms with Gasteiger partial charge in [0.15, 0.2) is 0 Å². The predicted molar refractivity (Wildman–Crippen MR) is 412 cm³/mol. The number of likely N-dealkylation sites (N-methyl/N-ethyl adjacent to an activating group) is 6. The first-order valence-corrected chi connectivity index (χ1v) is 38.5. The van der Waals surface area contributed by atoms with Crippen molar-refractivity contribution >= 4 is 82.5 Å². The van der Waals surface area contributed by atoms with Gasteiger partial charge in [0.2, 0.25) is 70.9 Å². The Labute approximate surface area is 645 Å². The minimum atomic E-state index is -1.73. The van der Waals surface area contributed by atoms with Gasteiger partial charge < -0.3 is 80.2 Å². The van der Waals surface area contributed by atoms with Crippen LogP contribution in [0, 0.1) is 23.7 Å². The summed E-state index contributed by atoms with van der Waals surface area (Å²) in [5, 5.41) is 33.3. The van der Waals surface area contributed by atoms with Crippen molar-refractivity contribution in [1.82, 2.24) is 60.5 Å². The summed E-state index contributed by atoms with van der Waals surface area (Å²) >= 11 is 6.56. The van der Waals surface area contributed by atoms with Gasteiger partial charge in [-0.3, -0.25) is 57.5 Å². The number of aliphatic hydroxyl groups excluding tert-OH is 2. The van der Waals surface area contributed by atoms with Crippen LogP contribution in [-0.4, -0.2) is 287 Å². The molecule has 6 N–H and O–H groups in total. The smallest absolute Gasteiger partial charge is 0.248 e. The van der Waals surface area contributed by atoms with Gasteiger partial charge in [-0.2, -0.15) is 0 Å². The molecule has 0 spiro atoms. The molecule has 2 fully saturated rings. The fraction of sp³-hybridized carbons (Fsp3) is 0.696. The number of aliphatic hydroxyl groups is 2. The SMILES string of the molecule is CC(C)C[C@H]1C(=O)N[C@@H]([C@@H](C)O)C(=O)N(C)[C@@H](CC(C)C)C(=O)N(C)[C@@H](CC(C)C)C(=O)N[C@H](C(=O)N2CCCCC2)CC(=O)N(C)CCCC(=O)N(C)[C@@H](C(C)C)C(=O)NC(COCC[C@H](C)O)C(=O)N(C)[C@@H](Cc2ccccc2)C(=O)N(C)[C@@H](Cc2cccc(Cl)c2)C(=O)N[C@@H](COC(C)(C)C)C(=O)N1C. The van der Waals surface area contributed by atoms with Crippen LogP contribution in [0.1, 0.15) is 165 Å². The molecule has 0 aromatic heterocycles. The lowest BCUT2D eigenvalue weighted by atomic mass is 9.96. The lowest BCUT2D eigenvalue weighted by Gasteiger charge is -2.38. The average molecular weight is 1540 g/mol. The molecular formula is C79H127ClN12O16. The van der Waals surface area contributed by atoms with Crippen molar-refractivity contribution in [3.05, 3.63) is 70.7 Å². The second kappa shape index (κ2) is 43.6. The maximum absolute atomic E-state index is 15.8. The van der Waals surface area contributed by atoms with Crippen molar-refractivity contribution in [2.45, 2.75) is 245 Å². The quantitative estimate of drug-likeness (QED) is 0.0997. The highest BCUT2D eigenvalue weighted by atomic mass is 35.5. The second-order valence-electron chi connectivity index (χ2n) is 32.0. The van der Waals surface area contributed by atoms with Crippen LogP contribution in [0.3, 0.4) is 0 Å². The van der Waals surface area contributed by atoms with Gasteiger partial charge in [-0.05, 0) is 133 Å². The van der Waals surface area contributed by atoms with E-state index in [1.165, 1.54) is 75.9 Å². The Morgan fingerprint density at radius 1 is 0.519 bits per heavy atom. The molecule has 1 unspecified atom stereocenters. The summed E-state index contributed by atoms with van der Waals surface area (Å²) in [4.78, 5) is 191. The Morgan fingerprint density at radius 2 is 1.00 bits per heavy atom. The number of hydrogen-bond donors (Lipinski definition) is 6. The number of ether oxygens (including phenoxy) is 2. The third kappa shape index (κ3) is 28.3. The molecule has 2 saturated heterocycles. The first kappa shape index (κ1) is 92.6. The Morgan fingerprint density at radius 3 is 1.54 bits per heavy atom. The zero-order chi connectivity index (χ0) is 81.4. The number of halogens is 1. The summed E-state index contributed by atoms with van der Waals surface area (Å²) < 4.78 is 12.2. The molecule has 4 rings (SSSR count). The fourth-order valence-electron chi connectivity index (χ4n) is 13.4. The molecule has 12 amide bonds. The number of rotatable bonds is 20. The van der Waals surface area contributed by atoms with E-state index in [4.69, 9.17) is 21.1 Å². The van der Waals surface area contributed by atoms with Crippen LogP contribution < -0.4 is 21.3 Å². The standard InChI is InChI=1S/C79H127ClN12O16/c1-48(2)39-60-69(97)81-57(75(103)92-36-25-22-26-37-92)45-66(96)85(14)35-28-33-65(95)91(20)68(51(7)8)72(100)83-58(46-107-38-34-52(9)93)73(101)89(18)64(43-54-29-23-21-24-30-54)77(105)88(17)62(44-55-31-27-32-56(80)42-55)70(98)82-59(47-108-79(11,12)13)74(102)86(15)61(40-49(3)4)71(99)84-67(53(10)94)78(106)90(19)63(41-50(5)6)76(104)87(60)16/h21,23-24,27,29-32,42,48-53,57-64,67-68,93-94H,22,25-26,28,33-41,43-47H2,1-20H3,(H,81,97)(H,82,98)(H,83,100)(H,84,99)/t52-,53+,57-,58?,59-,60-,61-,62-,63-,64-,67-,68-/m0/s1. The molecule has 29 heteroatoms. The number of carbonyl (C=O) groups excluding carboxylic acids is 12. The molecule has 606 valence electrons. The van der Waals surface area contributed by atoms with Crippen molar-refractivity contribution in [1.29, 1.82) is 0 Å². The fourth-order valence-corrected chi connectivity index (χ4v) is 13.6. The molecular weight excluding hydrogens is 1410 g/mol. The van der Waals surface area contributed by atoms with E-state index in [1.807, 2.05) is 27.7 Å². The van der Waals surface area contributed by atoms with E-state index < -0.39 is 175 Å². The highest BCUT2D eigenvalue weighted by Crippen LogP contribution is 2.25. The van der Waals surface area contributed by atoms with E-state index >= 15 is 38.4 Å². The van der Waals surface area contributed by atoms with Gasteiger partial charge in [0.1, 0.15) is 60.4 Å². The van der Waals surface area contributed by atoms with Gasteiger partial charge in [0.25, 0.3) is 0 Å². The topological polar surface area (TPSA) is 338 Å². The number of nitrogens with zero attached hydrogens (tertiary/aromatic N) is 8. The zero-order valence-electron chi connectivity index (χ0n) is 67.7. The summed E-state index contributed by atoms with van der Waals surface area (Å²) in [5.74, 6) is -10.0. The highest BCUT2D eigenvalue weighted by molar-refractivity contribution is 6.30. The van der Waals surface area contributed by atoms with Crippen molar-refractivity contribution < 1.29 is 77.2 Å². The molecule has 12 atom stereocenters. The van der Waals surface area contributed by atoms with E-state index in [0.29, 0.717) is 42.1 Å². The maximum Gasteiger partial charge on any atom is 0.248 e. The monoisotopic (exact) mass is 1530 g/mol. The summed E-state index contributed by atoms with van der Waals surface area (Å²) in [6.45, 7) is 22.3. The first-order valence-electron chi connectivity index (χ1n) is 38.2.